The van der Waals surface area contributed by atoms with Crippen molar-refractivity contribution in [2.45, 2.75) is 0 Å². The van der Waals surface area contributed by atoms with Crippen molar-refractivity contribution < 1.29 is 9.88 Å². The number of rotatable bonds is 0. The molecule has 0 aromatic heterocycles. The van der Waals surface area contributed by atoms with E-state index in [9.17, 15) is 0 Å². The average molecular weight is 86.0 g/mol. The third kappa shape index (κ3) is 0.453. The molecule has 0 fully saturated rings. The van der Waals surface area contributed by atoms with Crippen LogP contribution in [-0.2, 0) is 9.88 Å². The van der Waals surface area contributed by atoms with E-state index >= 15 is 0 Å². The molecule has 0 saturated heterocycles. The van der Waals surface area contributed by atoms with Crippen molar-refractivity contribution in [3.05, 3.63) is 0 Å². The quantitative estimate of drug-likeness (QED) is 0.387. The van der Waals surface area contributed by atoms with Crippen molar-refractivity contribution >= 4 is 12.7 Å². The van der Waals surface area contributed by atoms with E-state index in [2.05, 4.69) is 20.0 Å². The SMILES string of the molecule is C1=NC=NOO1. The van der Waals surface area contributed by atoms with Gasteiger partial charge in [0.25, 0.3) is 0 Å². The molecular weight excluding hydrogens is 84.0 g/mol. The molecule has 0 atom stereocenters. The Bertz CT molecular complexity index is 75.5. The summed E-state index contributed by atoms with van der Waals surface area (Å²) in [5.41, 5.74) is 0. The molecule has 1 aliphatic heterocycles. The molecular formula is C2H2N2O2. The van der Waals surface area contributed by atoms with E-state index in [-0.39, 0.29) is 0 Å². The van der Waals surface area contributed by atoms with Gasteiger partial charge in [-0.25, -0.2) is 4.99 Å². The molecule has 1 rings (SSSR count). The first kappa shape index (κ1) is 3.14. The molecule has 1 aliphatic rings. The van der Waals surface area contributed by atoms with E-state index in [4.69, 9.17) is 0 Å². The Hall–Kier alpha value is -1.06. The molecule has 6 heavy (non-hydrogen) atoms. The lowest BCUT2D eigenvalue weighted by Gasteiger charge is -1.90. The third-order valence-corrected chi connectivity index (χ3v) is 0.304. The van der Waals surface area contributed by atoms with E-state index in [0.29, 0.717) is 0 Å². The predicted octanol–water partition coefficient (Wildman–Crippen LogP) is -0.0802. The Labute approximate surface area is 34.0 Å². The zero-order valence-electron chi connectivity index (χ0n) is 2.87. The summed E-state index contributed by atoms with van der Waals surface area (Å²) in [6, 6.07) is 0. The Morgan fingerprint density at radius 2 is 2.50 bits per heavy atom. The molecule has 32 valence electrons. The van der Waals surface area contributed by atoms with Crippen molar-refractivity contribution in [3.63, 3.8) is 0 Å². The maximum absolute atomic E-state index is 4.08. The largest absolute Gasteiger partial charge is 0.255 e. The Balaban J connectivity index is 2.46. The average Bonchev–Trinajstić information content (AvgIpc) is 1.72. The summed E-state index contributed by atoms with van der Waals surface area (Å²) < 4.78 is 0. The van der Waals surface area contributed by atoms with Crippen LogP contribution in [0.1, 0.15) is 0 Å². The minimum Gasteiger partial charge on any atom is -0.255 e. The second-order valence-corrected chi connectivity index (χ2v) is 0.646. The lowest BCUT2D eigenvalue weighted by atomic mass is 11.3. The van der Waals surface area contributed by atoms with Gasteiger partial charge >= 0.3 is 0 Å². The van der Waals surface area contributed by atoms with Crippen molar-refractivity contribution in [3.8, 4) is 0 Å². The van der Waals surface area contributed by atoms with Gasteiger partial charge in [-0.2, -0.15) is 4.99 Å². The minimum atomic E-state index is 1.15. The molecule has 0 bridgehead atoms. The van der Waals surface area contributed by atoms with Crippen LogP contribution in [0, 0.1) is 0 Å². The van der Waals surface area contributed by atoms with Crippen LogP contribution in [0.25, 0.3) is 0 Å². The van der Waals surface area contributed by atoms with Gasteiger partial charge < -0.3 is 0 Å². The molecule has 0 aromatic rings. The van der Waals surface area contributed by atoms with Crippen LogP contribution in [0.5, 0.6) is 0 Å². The first-order valence-corrected chi connectivity index (χ1v) is 1.36. The highest BCUT2D eigenvalue weighted by atomic mass is 17.3. The highest BCUT2D eigenvalue weighted by molar-refractivity contribution is 5.67. The van der Waals surface area contributed by atoms with E-state index < -0.39 is 0 Å². The summed E-state index contributed by atoms with van der Waals surface area (Å²) in [4.78, 5) is 11.5. The summed E-state index contributed by atoms with van der Waals surface area (Å²) in [5, 5.41) is 3.13. The lowest BCUT2D eigenvalue weighted by Crippen LogP contribution is -1.89. The van der Waals surface area contributed by atoms with Crippen LogP contribution in [0.4, 0.5) is 0 Å². The standard InChI is InChI=1S/C2H2N2O2/c1-3-2-5-6-4-1/h1-2H. The van der Waals surface area contributed by atoms with Crippen LogP contribution >= 0.6 is 0 Å². The highest BCUT2D eigenvalue weighted by Gasteiger charge is 1.78. The van der Waals surface area contributed by atoms with Crippen LogP contribution in [0.15, 0.2) is 10.1 Å². The maximum Gasteiger partial charge on any atom is 0.237 e. The zero-order valence-corrected chi connectivity index (χ0v) is 2.87. The van der Waals surface area contributed by atoms with E-state index in [1.54, 1.807) is 0 Å². The van der Waals surface area contributed by atoms with Crippen molar-refractivity contribution in [2.24, 2.45) is 10.1 Å². The van der Waals surface area contributed by atoms with Gasteiger partial charge in [0, 0.05) is 0 Å². The summed E-state index contributed by atoms with van der Waals surface area (Å²) >= 11 is 0. The van der Waals surface area contributed by atoms with Crippen LogP contribution < -0.4 is 0 Å². The number of hydrogen-bond acceptors (Lipinski definition) is 4. The summed E-state index contributed by atoms with van der Waals surface area (Å²) in [6.45, 7) is 0. The summed E-state index contributed by atoms with van der Waals surface area (Å²) in [6.07, 6.45) is 2.39. The molecule has 4 nitrogen and oxygen atoms in total. The molecule has 0 aromatic carbocycles. The number of oxime groups is 1. The second-order valence-electron chi connectivity index (χ2n) is 0.646. The molecule has 0 unspecified atom stereocenters. The van der Waals surface area contributed by atoms with E-state index in [0.717, 1.165) is 6.40 Å². The van der Waals surface area contributed by atoms with Gasteiger partial charge in [0.1, 0.15) is 0 Å². The second kappa shape index (κ2) is 1.40. The van der Waals surface area contributed by atoms with Crippen molar-refractivity contribution in [1.82, 2.24) is 0 Å². The van der Waals surface area contributed by atoms with Gasteiger partial charge in [-0.05, 0) is 5.16 Å². The molecule has 0 amide bonds. The highest BCUT2D eigenvalue weighted by Crippen LogP contribution is 1.78. The summed E-state index contributed by atoms with van der Waals surface area (Å²) in [7, 11) is 0. The van der Waals surface area contributed by atoms with Gasteiger partial charge in [-0.1, -0.05) is 0 Å². The maximum atomic E-state index is 4.08. The number of nitrogens with zero attached hydrogens (tertiary/aromatic N) is 2. The fraction of sp³-hybridized carbons (Fsp3) is 0. The molecule has 0 spiro atoms. The Morgan fingerprint density at radius 1 is 1.50 bits per heavy atom. The Morgan fingerprint density at radius 3 is 2.67 bits per heavy atom. The van der Waals surface area contributed by atoms with Crippen molar-refractivity contribution in [2.75, 3.05) is 0 Å². The van der Waals surface area contributed by atoms with Crippen LogP contribution in [0.3, 0.4) is 0 Å². The topological polar surface area (TPSA) is 43.2 Å². The third-order valence-electron chi connectivity index (χ3n) is 0.304. The Kier molecular flexibility index (Phi) is 0.731. The monoisotopic (exact) mass is 86.0 g/mol. The molecule has 0 radical (unpaired) electrons. The van der Waals surface area contributed by atoms with Crippen LogP contribution in [-0.4, -0.2) is 12.7 Å². The van der Waals surface area contributed by atoms with Gasteiger partial charge in [0.2, 0.25) is 6.40 Å². The van der Waals surface area contributed by atoms with Gasteiger partial charge in [-0.3, -0.25) is 4.89 Å². The van der Waals surface area contributed by atoms with E-state index in [1.165, 1.54) is 6.34 Å². The molecule has 0 aliphatic carbocycles. The predicted molar refractivity (Wildman–Crippen MR) is 19.2 cm³/mol. The fourth-order valence-corrected chi connectivity index (χ4v) is 0.143. The first-order chi connectivity index (χ1) is 3.00. The van der Waals surface area contributed by atoms with E-state index in [1.807, 2.05) is 0 Å². The molecule has 0 N–H and O–H groups in total. The summed E-state index contributed by atoms with van der Waals surface area (Å²) in [5.74, 6) is 0. The zero-order chi connectivity index (χ0) is 4.24. The number of hydrogen-bond donors (Lipinski definition) is 0. The molecule has 0 saturated carbocycles. The minimum absolute atomic E-state index is 1.15. The van der Waals surface area contributed by atoms with Gasteiger partial charge in [0.15, 0.2) is 6.34 Å². The van der Waals surface area contributed by atoms with Gasteiger partial charge in [0.05, 0.1) is 0 Å². The molecule has 1 heterocycles. The molecule has 4 heteroatoms. The first-order valence-electron chi connectivity index (χ1n) is 1.36. The van der Waals surface area contributed by atoms with Gasteiger partial charge in [-0.15, -0.1) is 0 Å². The number of aliphatic imine (C=N–C) groups is 1. The smallest absolute Gasteiger partial charge is 0.237 e. The van der Waals surface area contributed by atoms with Crippen LogP contribution in [0.2, 0.25) is 0 Å². The normalized spacial score (nSPS) is 16.0. The van der Waals surface area contributed by atoms with Crippen molar-refractivity contribution in [1.29, 1.82) is 0 Å². The lowest BCUT2D eigenvalue weighted by molar-refractivity contribution is -0.218. The fourth-order valence-electron chi connectivity index (χ4n) is 0.143.